The van der Waals surface area contributed by atoms with Crippen molar-refractivity contribution in [2.75, 3.05) is 4.90 Å². The molecule has 1 aromatic rings. The van der Waals surface area contributed by atoms with Crippen LogP contribution >= 0.6 is 0 Å². The van der Waals surface area contributed by atoms with Crippen molar-refractivity contribution in [2.45, 2.75) is 19.3 Å². The van der Waals surface area contributed by atoms with Crippen LogP contribution in [0.25, 0.3) is 0 Å². The molecule has 2 aliphatic carbocycles. The summed E-state index contributed by atoms with van der Waals surface area (Å²) in [6.45, 7) is 0. The van der Waals surface area contributed by atoms with E-state index in [1.54, 1.807) is 18.2 Å². The zero-order valence-electron chi connectivity index (χ0n) is 10.5. The number of hydrogen-bond donors (Lipinski definition) is 1. The third-order valence-electron chi connectivity index (χ3n) is 5.02. The number of carbonyl (C=O) groups is 2. The first-order chi connectivity index (χ1) is 9.16. The topological polar surface area (TPSA) is 57.6 Å². The molecule has 1 aliphatic heterocycles. The number of benzene rings is 1. The summed E-state index contributed by atoms with van der Waals surface area (Å²) in [7, 11) is 0. The summed E-state index contributed by atoms with van der Waals surface area (Å²) in [6.07, 6.45) is 3.21. The van der Waals surface area contributed by atoms with E-state index in [0.29, 0.717) is 17.5 Å². The number of aromatic hydroxyl groups is 1. The SMILES string of the molecule is O=C1[C@@H]2[C@H]3CC[C@H](C3)[C@@H]2C(=O)N1c1cccc(O)c1. The normalized spacial score (nSPS) is 36.1. The van der Waals surface area contributed by atoms with Crippen molar-refractivity contribution in [3.05, 3.63) is 24.3 Å². The van der Waals surface area contributed by atoms with Crippen molar-refractivity contribution in [3.8, 4) is 5.75 Å². The molecule has 1 heterocycles. The number of phenolic OH excluding ortho intramolecular Hbond substituents is 1. The van der Waals surface area contributed by atoms with Gasteiger partial charge in [-0.15, -0.1) is 0 Å². The lowest BCUT2D eigenvalue weighted by Crippen LogP contribution is -2.32. The molecule has 0 radical (unpaired) electrons. The Morgan fingerprint density at radius 1 is 1.05 bits per heavy atom. The van der Waals surface area contributed by atoms with Gasteiger partial charge in [0.1, 0.15) is 5.75 Å². The van der Waals surface area contributed by atoms with E-state index < -0.39 is 0 Å². The molecule has 4 heteroatoms. The predicted molar refractivity (Wildman–Crippen MR) is 68.4 cm³/mol. The summed E-state index contributed by atoms with van der Waals surface area (Å²) in [6, 6.07) is 6.39. The first-order valence-corrected chi connectivity index (χ1v) is 6.83. The van der Waals surface area contributed by atoms with Crippen LogP contribution in [0.4, 0.5) is 5.69 Å². The predicted octanol–water partition coefficient (Wildman–Crippen LogP) is 1.93. The number of nitrogens with zero attached hydrogens (tertiary/aromatic N) is 1. The average Bonchev–Trinajstić information content (AvgIpc) is 3.04. The Hall–Kier alpha value is -1.84. The lowest BCUT2D eigenvalue weighted by Gasteiger charge is -2.19. The minimum absolute atomic E-state index is 0.0622. The van der Waals surface area contributed by atoms with E-state index in [1.807, 2.05) is 0 Å². The van der Waals surface area contributed by atoms with Crippen LogP contribution in [0, 0.1) is 23.7 Å². The highest BCUT2D eigenvalue weighted by molar-refractivity contribution is 6.22. The molecule has 2 saturated carbocycles. The van der Waals surface area contributed by atoms with E-state index in [4.69, 9.17) is 0 Å². The quantitative estimate of drug-likeness (QED) is 0.782. The van der Waals surface area contributed by atoms with Crippen LogP contribution in [0.1, 0.15) is 19.3 Å². The van der Waals surface area contributed by atoms with Gasteiger partial charge in [-0.25, -0.2) is 4.90 Å². The molecule has 0 spiro atoms. The molecule has 0 unspecified atom stereocenters. The fraction of sp³-hybridized carbons (Fsp3) is 0.467. The number of hydrogen-bond acceptors (Lipinski definition) is 3. The fourth-order valence-electron chi connectivity index (χ4n) is 4.30. The van der Waals surface area contributed by atoms with Crippen LogP contribution in [-0.4, -0.2) is 16.9 Å². The highest BCUT2D eigenvalue weighted by Crippen LogP contribution is 2.56. The molecule has 98 valence electrons. The Kier molecular flexibility index (Phi) is 2.08. The summed E-state index contributed by atoms with van der Waals surface area (Å²) >= 11 is 0. The maximum atomic E-state index is 12.5. The number of fused-ring (bicyclic) bond motifs is 5. The second-order valence-corrected chi connectivity index (χ2v) is 5.92. The molecule has 4 rings (SSSR count). The van der Waals surface area contributed by atoms with Gasteiger partial charge in [0.05, 0.1) is 17.5 Å². The van der Waals surface area contributed by atoms with Crippen molar-refractivity contribution >= 4 is 17.5 Å². The lowest BCUT2D eigenvalue weighted by atomic mass is 9.81. The van der Waals surface area contributed by atoms with Crippen molar-refractivity contribution in [2.24, 2.45) is 23.7 Å². The Labute approximate surface area is 111 Å². The van der Waals surface area contributed by atoms with E-state index in [1.165, 1.54) is 11.0 Å². The molecule has 4 atom stereocenters. The Bertz CT molecular complexity index is 555. The van der Waals surface area contributed by atoms with Gasteiger partial charge in [0.15, 0.2) is 0 Å². The summed E-state index contributed by atoms with van der Waals surface area (Å²) in [5.41, 5.74) is 0.504. The number of imide groups is 1. The molecule has 4 nitrogen and oxygen atoms in total. The van der Waals surface area contributed by atoms with Crippen molar-refractivity contribution in [1.82, 2.24) is 0 Å². The number of carbonyl (C=O) groups excluding carboxylic acids is 2. The number of phenols is 1. The van der Waals surface area contributed by atoms with Gasteiger partial charge < -0.3 is 5.11 Å². The van der Waals surface area contributed by atoms with Crippen LogP contribution < -0.4 is 4.90 Å². The zero-order chi connectivity index (χ0) is 13.1. The summed E-state index contributed by atoms with van der Waals surface area (Å²) in [4.78, 5) is 26.3. The highest BCUT2D eigenvalue weighted by atomic mass is 16.3. The minimum Gasteiger partial charge on any atom is -0.508 e. The van der Waals surface area contributed by atoms with E-state index in [9.17, 15) is 14.7 Å². The molecule has 2 amide bonds. The zero-order valence-corrected chi connectivity index (χ0v) is 10.5. The first-order valence-electron chi connectivity index (χ1n) is 6.83. The summed E-state index contributed by atoms with van der Waals surface area (Å²) in [5, 5.41) is 9.52. The molecule has 2 bridgehead atoms. The number of anilines is 1. The Balaban J connectivity index is 1.75. The van der Waals surface area contributed by atoms with E-state index in [0.717, 1.165) is 19.3 Å². The van der Waals surface area contributed by atoms with Gasteiger partial charge in [-0.1, -0.05) is 6.07 Å². The average molecular weight is 257 g/mol. The van der Waals surface area contributed by atoms with Crippen LogP contribution in [0.15, 0.2) is 24.3 Å². The largest absolute Gasteiger partial charge is 0.508 e. The maximum absolute atomic E-state index is 12.5. The first kappa shape index (κ1) is 11.0. The van der Waals surface area contributed by atoms with Crippen LogP contribution in [0.3, 0.4) is 0 Å². The van der Waals surface area contributed by atoms with Gasteiger partial charge in [-0.05, 0) is 43.2 Å². The third kappa shape index (κ3) is 1.34. The number of amides is 2. The van der Waals surface area contributed by atoms with Gasteiger partial charge in [0.25, 0.3) is 0 Å². The molecule has 19 heavy (non-hydrogen) atoms. The molecule has 1 aromatic carbocycles. The van der Waals surface area contributed by atoms with Gasteiger partial charge in [-0.3, -0.25) is 9.59 Å². The molecule has 3 fully saturated rings. The number of rotatable bonds is 1. The standard InChI is InChI=1S/C15H15NO3/c17-11-3-1-2-10(7-11)16-14(18)12-8-4-5-9(6-8)13(12)15(16)19/h1-3,7-9,12-13,17H,4-6H2/t8-,9+,12+,13-. The molecular formula is C15H15NO3. The Morgan fingerprint density at radius 3 is 2.26 bits per heavy atom. The van der Waals surface area contributed by atoms with Gasteiger partial charge >= 0.3 is 0 Å². The van der Waals surface area contributed by atoms with Gasteiger partial charge in [-0.2, -0.15) is 0 Å². The molecule has 1 N–H and O–H groups in total. The van der Waals surface area contributed by atoms with E-state index in [2.05, 4.69) is 0 Å². The van der Waals surface area contributed by atoms with Crippen molar-refractivity contribution < 1.29 is 14.7 Å². The maximum Gasteiger partial charge on any atom is 0.237 e. The monoisotopic (exact) mass is 257 g/mol. The second kappa shape index (κ2) is 3.59. The molecule has 0 aromatic heterocycles. The van der Waals surface area contributed by atoms with Crippen LogP contribution in [0.2, 0.25) is 0 Å². The van der Waals surface area contributed by atoms with Crippen molar-refractivity contribution in [3.63, 3.8) is 0 Å². The minimum atomic E-state index is -0.103. The summed E-state index contributed by atoms with van der Waals surface area (Å²) < 4.78 is 0. The second-order valence-electron chi connectivity index (χ2n) is 5.92. The summed E-state index contributed by atoms with van der Waals surface area (Å²) in [5.74, 6) is 0.545. The molecular weight excluding hydrogens is 242 g/mol. The Morgan fingerprint density at radius 2 is 1.68 bits per heavy atom. The van der Waals surface area contributed by atoms with Gasteiger partial charge in [0.2, 0.25) is 11.8 Å². The van der Waals surface area contributed by atoms with Crippen LogP contribution in [0.5, 0.6) is 5.75 Å². The lowest BCUT2D eigenvalue weighted by molar-refractivity contribution is -0.123. The van der Waals surface area contributed by atoms with Gasteiger partial charge in [0, 0.05) is 6.07 Å². The molecule has 1 saturated heterocycles. The van der Waals surface area contributed by atoms with E-state index in [-0.39, 0.29) is 29.4 Å². The fourth-order valence-corrected chi connectivity index (χ4v) is 4.30. The van der Waals surface area contributed by atoms with E-state index >= 15 is 0 Å². The van der Waals surface area contributed by atoms with Crippen LogP contribution in [-0.2, 0) is 9.59 Å². The van der Waals surface area contributed by atoms with Crippen molar-refractivity contribution in [1.29, 1.82) is 0 Å². The highest BCUT2D eigenvalue weighted by Gasteiger charge is 2.61. The smallest absolute Gasteiger partial charge is 0.237 e. The molecule has 3 aliphatic rings. The third-order valence-corrected chi connectivity index (χ3v) is 5.02.